The summed E-state index contributed by atoms with van der Waals surface area (Å²) in [4.78, 5) is 42.9. The van der Waals surface area contributed by atoms with E-state index in [0.717, 1.165) is 25.9 Å². The molecule has 1 unspecified atom stereocenters. The zero-order valence-electron chi connectivity index (χ0n) is 15.5. The molecule has 3 saturated heterocycles. The van der Waals surface area contributed by atoms with Gasteiger partial charge < -0.3 is 15.5 Å². The highest BCUT2D eigenvalue weighted by Gasteiger charge is 2.47. The molecule has 3 fully saturated rings. The number of amides is 3. The Hall–Kier alpha value is -1.89. The summed E-state index contributed by atoms with van der Waals surface area (Å²) in [5.41, 5.74) is 5.19. The van der Waals surface area contributed by atoms with Crippen molar-refractivity contribution in [2.24, 2.45) is 11.7 Å². The van der Waals surface area contributed by atoms with Crippen LogP contribution >= 0.6 is 0 Å². The lowest BCUT2D eigenvalue weighted by atomic mass is 9.83. The number of rotatable bonds is 5. The minimum atomic E-state index is -0.614. The topological polar surface area (TPSA) is 87.0 Å². The second-order valence-electron chi connectivity index (χ2n) is 7.76. The first kappa shape index (κ1) is 18.9. The highest BCUT2D eigenvalue weighted by atomic mass is 16.2. The second-order valence-corrected chi connectivity index (χ2v) is 7.76. The lowest BCUT2D eigenvalue weighted by Crippen LogP contribution is -2.64. The van der Waals surface area contributed by atoms with Gasteiger partial charge in [0.2, 0.25) is 17.7 Å². The molecule has 3 amide bonds. The summed E-state index contributed by atoms with van der Waals surface area (Å²) in [7, 11) is 0. The molecule has 7 heteroatoms. The van der Waals surface area contributed by atoms with E-state index < -0.39 is 5.54 Å². The molecule has 0 aromatic heterocycles. The van der Waals surface area contributed by atoms with E-state index >= 15 is 0 Å². The molecule has 0 aliphatic carbocycles. The van der Waals surface area contributed by atoms with Crippen molar-refractivity contribution >= 4 is 17.7 Å². The van der Waals surface area contributed by atoms with Crippen molar-refractivity contribution < 1.29 is 14.4 Å². The van der Waals surface area contributed by atoms with Crippen LogP contribution in [0.25, 0.3) is 0 Å². The molecule has 0 aromatic rings. The third-order valence-electron chi connectivity index (χ3n) is 6.24. The van der Waals surface area contributed by atoms with E-state index in [0.29, 0.717) is 39.0 Å². The Labute approximate surface area is 155 Å². The summed E-state index contributed by atoms with van der Waals surface area (Å²) in [6, 6.07) is 0. The van der Waals surface area contributed by atoms with Crippen molar-refractivity contribution in [2.75, 3.05) is 39.3 Å². The smallest absolute Gasteiger partial charge is 0.238 e. The fourth-order valence-electron chi connectivity index (χ4n) is 4.67. The van der Waals surface area contributed by atoms with Gasteiger partial charge in [-0.1, -0.05) is 12.5 Å². The van der Waals surface area contributed by atoms with Gasteiger partial charge in [-0.05, 0) is 38.8 Å². The van der Waals surface area contributed by atoms with Gasteiger partial charge in [0.1, 0.15) is 5.54 Å². The minimum Gasteiger partial charge on any atom is -0.368 e. The Morgan fingerprint density at radius 3 is 2.38 bits per heavy atom. The predicted molar refractivity (Wildman–Crippen MR) is 98.0 cm³/mol. The molecular weight excluding hydrogens is 332 g/mol. The van der Waals surface area contributed by atoms with Gasteiger partial charge in [-0.15, -0.1) is 6.58 Å². The van der Waals surface area contributed by atoms with Crippen LogP contribution in [0.5, 0.6) is 0 Å². The van der Waals surface area contributed by atoms with Gasteiger partial charge in [0, 0.05) is 32.6 Å². The highest BCUT2D eigenvalue weighted by Crippen LogP contribution is 2.32. The first-order valence-electron chi connectivity index (χ1n) is 9.70. The lowest BCUT2D eigenvalue weighted by molar-refractivity contribution is -0.144. The molecule has 0 bridgehead atoms. The molecule has 3 rings (SSSR count). The SMILES string of the molecule is C=CCN1CC(C(=O)N2CCC(C(N)=O)(N3CCCCC3)CC2)CC1=O. The van der Waals surface area contributed by atoms with E-state index in [2.05, 4.69) is 11.5 Å². The largest absolute Gasteiger partial charge is 0.368 e. The van der Waals surface area contributed by atoms with Crippen LogP contribution in [0.3, 0.4) is 0 Å². The molecule has 0 radical (unpaired) electrons. The summed E-state index contributed by atoms with van der Waals surface area (Å²) >= 11 is 0. The zero-order chi connectivity index (χ0) is 18.7. The molecule has 0 saturated carbocycles. The Balaban J connectivity index is 1.61. The van der Waals surface area contributed by atoms with Crippen molar-refractivity contribution in [1.82, 2.24) is 14.7 Å². The second kappa shape index (κ2) is 7.78. The molecule has 3 aliphatic heterocycles. The van der Waals surface area contributed by atoms with Crippen LogP contribution in [-0.2, 0) is 14.4 Å². The predicted octanol–water partition coefficient (Wildman–Crippen LogP) is 0.353. The standard InChI is InChI=1S/C19H30N4O3/c1-2-8-22-14-15(13-16(22)24)17(25)21-11-6-19(7-12-21,18(20)26)23-9-4-3-5-10-23/h2,15H,1,3-14H2,(H2,20,26). The molecule has 7 nitrogen and oxygen atoms in total. The van der Waals surface area contributed by atoms with Gasteiger partial charge in [-0.2, -0.15) is 0 Å². The third kappa shape index (κ3) is 3.49. The quantitative estimate of drug-likeness (QED) is 0.715. The summed E-state index contributed by atoms with van der Waals surface area (Å²) in [6.45, 7) is 7.49. The number of carbonyl (C=O) groups excluding carboxylic acids is 3. The normalized spacial score (nSPS) is 26.8. The fourth-order valence-corrected chi connectivity index (χ4v) is 4.67. The van der Waals surface area contributed by atoms with Gasteiger partial charge in [0.15, 0.2) is 0 Å². The third-order valence-corrected chi connectivity index (χ3v) is 6.24. The Morgan fingerprint density at radius 2 is 1.81 bits per heavy atom. The summed E-state index contributed by atoms with van der Waals surface area (Å²) in [5.74, 6) is -0.500. The highest BCUT2D eigenvalue weighted by molar-refractivity contribution is 5.90. The van der Waals surface area contributed by atoms with E-state index in [1.807, 2.05) is 4.90 Å². The molecule has 2 N–H and O–H groups in total. The Bertz CT molecular complexity index is 577. The molecule has 0 spiro atoms. The van der Waals surface area contributed by atoms with E-state index in [4.69, 9.17) is 5.73 Å². The molecule has 0 aromatic carbocycles. The molecule has 3 heterocycles. The Kier molecular flexibility index (Phi) is 5.65. The maximum Gasteiger partial charge on any atom is 0.238 e. The number of hydrogen-bond donors (Lipinski definition) is 1. The van der Waals surface area contributed by atoms with Crippen molar-refractivity contribution in [3.63, 3.8) is 0 Å². The van der Waals surface area contributed by atoms with Crippen LogP contribution in [0.15, 0.2) is 12.7 Å². The van der Waals surface area contributed by atoms with Gasteiger partial charge in [0.25, 0.3) is 0 Å². The molecule has 3 aliphatic rings. The van der Waals surface area contributed by atoms with Crippen molar-refractivity contribution in [1.29, 1.82) is 0 Å². The van der Waals surface area contributed by atoms with Crippen LogP contribution in [-0.4, -0.2) is 77.2 Å². The van der Waals surface area contributed by atoms with Crippen LogP contribution in [0.4, 0.5) is 0 Å². The van der Waals surface area contributed by atoms with Crippen LogP contribution in [0, 0.1) is 5.92 Å². The number of carbonyl (C=O) groups is 3. The fraction of sp³-hybridized carbons (Fsp3) is 0.737. The summed E-state index contributed by atoms with van der Waals surface area (Å²) < 4.78 is 0. The molecule has 1 atom stereocenters. The maximum absolute atomic E-state index is 12.8. The van der Waals surface area contributed by atoms with Gasteiger partial charge in [-0.3, -0.25) is 19.3 Å². The summed E-state index contributed by atoms with van der Waals surface area (Å²) in [6.07, 6.45) is 6.53. The maximum atomic E-state index is 12.8. The average Bonchev–Trinajstić information content (AvgIpc) is 3.03. The molecule has 26 heavy (non-hydrogen) atoms. The lowest BCUT2D eigenvalue weighted by Gasteiger charge is -2.48. The molecular formula is C19H30N4O3. The van der Waals surface area contributed by atoms with Crippen molar-refractivity contribution in [2.45, 2.75) is 44.1 Å². The zero-order valence-corrected chi connectivity index (χ0v) is 15.5. The average molecular weight is 362 g/mol. The number of hydrogen-bond acceptors (Lipinski definition) is 4. The number of piperidine rings is 2. The monoisotopic (exact) mass is 362 g/mol. The van der Waals surface area contributed by atoms with Gasteiger partial charge in [0.05, 0.1) is 5.92 Å². The van der Waals surface area contributed by atoms with Crippen LogP contribution in [0.1, 0.15) is 38.5 Å². The van der Waals surface area contributed by atoms with E-state index in [1.54, 1.807) is 11.0 Å². The van der Waals surface area contributed by atoms with Crippen molar-refractivity contribution in [3.8, 4) is 0 Å². The van der Waals surface area contributed by atoms with E-state index in [9.17, 15) is 14.4 Å². The molecule has 144 valence electrons. The van der Waals surface area contributed by atoms with Crippen LogP contribution in [0.2, 0.25) is 0 Å². The minimum absolute atomic E-state index is 0.0139. The number of primary amides is 1. The van der Waals surface area contributed by atoms with E-state index in [-0.39, 0.29) is 30.1 Å². The van der Waals surface area contributed by atoms with E-state index in [1.165, 1.54) is 6.42 Å². The number of likely N-dealkylation sites (tertiary alicyclic amines) is 3. The van der Waals surface area contributed by atoms with Gasteiger partial charge in [-0.25, -0.2) is 0 Å². The summed E-state index contributed by atoms with van der Waals surface area (Å²) in [5, 5.41) is 0. The Morgan fingerprint density at radius 1 is 1.15 bits per heavy atom. The van der Waals surface area contributed by atoms with Crippen molar-refractivity contribution in [3.05, 3.63) is 12.7 Å². The number of nitrogens with zero attached hydrogens (tertiary/aromatic N) is 3. The number of nitrogens with two attached hydrogens (primary N) is 1. The van der Waals surface area contributed by atoms with Gasteiger partial charge >= 0.3 is 0 Å². The first-order chi connectivity index (χ1) is 12.5. The first-order valence-corrected chi connectivity index (χ1v) is 9.70. The van der Waals surface area contributed by atoms with Crippen LogP contribution < -0.4 is 5.73 Å².